The fourth-order valence-corrected chi connectivity index (χ4v) is 1.91. The summed E-state index contributed by atoms with van der Waals surface area (Å²) in [6.45, 7) is 4.14. The van der Waals surface area contributed by atoms with E-state index in [2.05, 4.69) is 5.32 Å². The number of methoxy groups -OCH3 is 1. The van der Waals surface area contributed by atoms with Crippen molar-refractivity contribution in [3.8, 4) is 0 Å². The Hall–Kier alpha value is -1.39. The minimum Gasteiger partial charge on any atom is -0.396 e. The summed E-state index contributed by atoms with van der Waals surface area (Å²) in [5, 5.41) is 12.0. The molecule has 0 saturated heterocycles. The molecule has 2 N–H and O–H groups in total. The van der Waals surface area contributed by atoms with Gasteiger partial charge < -0.3 is 15.2 Å². The molecule has 1 aromatic carbocycles. The Morgan fingerprint density at radius 2 is 2.11 bits per heavy atom. The van der Waals surface area contributed by atoms with Crippen LogP contribution in [0.5, 0.6) is 0 Å². The van der Waals surface area contributed by atoms with Gasteiger partial charge in [0.2, 0.25) is 0 Å². The van der Waals surface area contributed by atoms with Gasteiger partial charge >= 0.3 is 0 Å². The summed E-state index contributed by atoms with van der Waals surface area (Å²) in [7, 11) is 1.58. The summed E-state index contributed by atoms with van der Waals surface area (Å²) in [6, 6.07) is 7.42. The van der Waals surface area contributed by atoms with Crippen LogP contribution in [-0.4, -0.2) is 36.9 Å². The number of carbonyl (C=O) groups is 1. The van der Waals surface area contributed by atoms with Crippen molar-refractivity contribution >= 4 is 5.91 Å². The van der Waals surface area contributed by atoms with Crippen LogP contribution in [0.25, 0.3) is 0 Å². The van der Waals surface area contributed by atoms with Crippen LogP contribution >= 0.6 is 0 Å². The standard InChI is InChI=1S/C14H21NO3/c1-11-6-4-5-7-12(11)13(17)15-14(2,8-9-16)10-18-3/h4-7,16H,8-10H2,1-3H3,(H,15,17). The van der Waals surface area contributed by atoms with Gasteiger partial charge in [-0.3, -0.25) is 4.79 Å². The third kappa shape index (κ3) is 3.82. The monoisotopic (exact) mass is 251 g/mol. The summed E-state index contributed by atoms with van der Waals surface area (Å²) in [5.41, 5.74) is 1.03. The van der Waals surface area contributed by atoms with Crippen LogP contribution in [0.4, 0.5) is 0 Å². The lowest BCUT2D eigenvalue weighted by Gasteiger charge is -2.29. The van der Waals surface area contributed by atoms with Gasteiger partial charge in [0.1, 0.15) is 0 Å². The Morgan fingerprint density at radius 3 is 2.67 bits per heavy atom. The summed E-state index contributed by atoms with van der Waals surface area (Å²) < 4.78 is 5.10. The van der Waals surface area contributed by atoms with E-state index in [4.69, 9.17) is 9.84 Å². The van der Waals surface area contributed by atoms with E-state index in [1.54, 1.807) is 13.2 Å². The topological polar surface area (TPSA) is 58.6 Å². The Bertz CT molecular complexity index is 398. The highest BCUT2D eigenvalue weighted by Crippen LogP contribution is 2.13. The van der Waals surface area contributed by atoms with E-state index in [0.29, 0.717) is 18.6 Å². The van der Waals surface area contributed by atoms with Crippen molar-refractivity contribution in [3.05, 3.63) is 35.4 Å². The van der Waals surface area contributed by atoms with E-state index in [9.17, 15) is 4.79 Å². The van der Waals surface area contributed by atoms with E-state index in [0.717, 1.165) is 5.56 Å². The number of aryl methyl sites for hydroxylation is 1. The predicted octanol–water partition coefficient (Wildman–Crippen LogP) is 1.51. The number of hydrogen-bond donors (Lipinski definition) is 2. The molecule has 1 rings (SSSR count). The molecule has 1 unspecified atom stereocenters. The van der Waals surface area contributed by atoms with Gasteiger partial charge in [-0.2, -0.15) is 0 Å². The van der Waals surface area contributed by atoms with Gasteiger partial charge in [-0.25, -0.2) is 0 Å². The quantitative estimate of drug-likeness (QED) is 0.805. The number of aliphatic hydroxyl groups is 1. The number of benzene rings is 1. The second kappa shape index (κ2) is 6.52. The average Bonchev–Trinajstić information content (AvgIpc) is 2.29. The van der Waals surface area contributed by atoms with Gasteiger partial charge in [0.25, 0.3) is 5.91 Å². The molecule has 0 aliphatic carbocycles. The molecule has 0 aromatic heterocycles. The van der Waals surface area contributed by atoms with Crippen LogP contribution in [0, 0.1) is 6.92 Å². The van der Waals surface area contributed by atoms with Crippen molar-refractivity contribution in [2.75, 3.05) is 20.3 Å². The second-order valence-corrected chi connectivity index (χ2v) is 4.74. The van der Waals surface area contributed by atoms with Crippen LogP contribution in [0.2, 0.25) is 0 Å². The van der Waals surface area contributed by atoms with Gasteiger partial charge in [0.15, 0.2) is 0 Å². The maximum Gasteiger partial charge on any atom is 0.252 e. The Balaban J connectivity index is 2.82. The van der Waals surface area contributed by atoms with Crippen molar-refractivity contribution in [3.63, 3.8) is 0 Å². The first-order valence-electron chi connectivity index (χ1n) is 6.00. The number of aliphatic hydroxyl groups excluding tert-OH is 1. The lowest BCUT2D eigenvalue weighted by Crippen LogP contribution is -2.50. The van der Waals surface area contributed by atoms with Crippen LogP contribution in [0.15, 0.2) is 24.3 Å². The van der Waals surface area contributed by atoms with Gasteiger partial charge in [-0.15, -0.1) is 0 Å². The molecule has 1 aromatic rings. The molecule has 4 nitrogen and oxygen atoms in total. The van der Waals surface area contributed by atoms with Crippen molar-refractivity contribution in [2.45, 2.75) is 25.8 Å². The van der Waals surface area contributed by atoms with Crippen molar-refractivity contribution in [1.29, 1.82) is 0 Å². The minimum absolute atomic E-state index is 0.00785. The fraction of sp³-hybridized carbons (Fsp3) is 0.500. The van der Waals surface area contributed by atoms with Crippen molar-refractivity contribution in [1.82, 2.24) is 5.32 Å². The summed E-state index contributed by atoms with van der Waals surface area (Å²) >= 11 is 0. The summed E-state index contributed by atoms with van der Waals surface area (Å²) in [6.07, 6.45) is 0.457. The first-order chi connectivity index (χ1) is 8.52. The van der Waals surface area contributed by atoms with E-state index >= 15 is 0 Å². The third-order valence-corrected chi connectivity index (χ3v) is 2.93. The lowest BCUT2D eigenvalue weighted by atomic mass is 9.98. The van der Waals surface area contributed by atoms with Gasteiger partial charge in [0, 0.05) is 19.3 Å². The SMILES string of the molecule is COCC(C)(CCO)NC(=O)c1ccccc1C. The molecule has 0 bridgehead atoms. The number of ether oxygens (including phenoxy) is 1. The van der Waals surface area contributed by atoms with Crippen LogP contribution in [0.1, 0.15) is 29.3 Å². The number of nitrogens with one attached hydrogen (secondary N) is 1. The maximum absolute atomic E-state index is 12.2. The molecule has 4 heteroatoms. The fourth-order valence-electron chi connectivity index (χ4n) is 1.91. The molecule has 0 spiro atoms. The van der Waals surface area contributed by atoms with E-state index in [1.165, 1.54) is 0 Å². The minimum atomic E-state index is -0.553. The highest BCUT2D eigenvalue weighted by atomic mass is 16.5. The lowest BCUT2D eigenvalue weighted by molar-refractivity contribution is 0.0725. The number of rotatable bonds is 6. The van der Waals surface area contributed by atoms with Crippen LogP contribution in [-0.2, 0) is 4.74 Å². The molecule has 100 valence electrons. The largest absolute Gasteiger partial charge is 0.396 e. The normalized spacial score (nSPS) is 14.0. The summed E-state index contributed by atoms with van der Waals surface area (Å²) in [4.78, 5) is 12.2. The Kier molecular flexibility index (Phi) is 5.31. The van der Waals surface area contributed by atoms with Crippen molar-refractivity contribution < 1.29 is 14.6 Å². The van der Waals surface area contributed by atoms with E-state index in [-0.39, 0.29) is 12.5 Å². The van der Waals surface area contributed by atoms with E-state index < -0.39 is 5.54 Å². The van der Waals surface area contributed by atoms with Gasteiger partial charge in [0.05, 0.1) is 12.1 Å². The van der Waals surface area contributed by atoms with Crippen LogP contribution in [0.3, 0.4) is 0 Å². The molecule has 18 heavy (non-hydrogen) atoms. The van der Waals surface area contributed by atoms with Crippen LogP contribution < -0.4 is 5.32 Å². The zero-order valence-electron chi connectivity index (χ0n) is 11.2. The second-order valence-electron chi connectivity index (χ2n) is 4.74. The smallest absolute Gasteiger partial charge is 0.252 e. The molecule has 0 aliphatic rings. The first-order valence-corrected chi connectivity index (χ1v) is 6.00. The highest BCUT2D eigenvalue weighted by molar-refractivity contribution is 5.96. The molecular formula is C14H21NO3. The number of amides is 1. The predicted molar refractivity (Wildman–Crippen MR) is 70.6 cm³/mol. The molecule has 0 radical (unpaired) electrons. The molecule has 1 amide bonds. The highest BCUT2D eigenvalue weighted by Gasteiger charge is 2.26. The summed E-state index contributed by atoms with van der Waals surface area (Å²) in [5.74, 6) is -0.138. The number of carbonyl (C=O) groups excluding carboxylic acids is 1. The van der Waals surface area contributed by atoms with Gasteiger partial charge in [-0.1, -0.05) is 18.2 Å². The van der Waals surface area contributed by atoms with Crippen molar-refractivity contribution in [2.24, 2.45) is 0 Å². The van der Waals surface area contributed by atoms with Gasteiger partial charge in [-0.05, 0) is 31.9 Å². The Morgan fingerprint density at radius 1 is 1.44 bits per heavy atom. The zero-order valence-corrected chi connectivity index (χ0v) is 11.2. The molecule has 0 fully saturated rings. The molecule has 0 aliphatic heterocycles. The average molecular weight is 251 g/mol. The zero-order chi connectivity index (χ0) is 13.6. The third-order valence-electron chi connectivity index (χ3n) is 2.93. The maximum atomic E-state index is 12.2. The molecule has 0 saturated carbocycles. The van der Waals surface area contributed by atoms with E-state index in [1.807, 2.05) is 32.0 Å². The number of hydrogen-bond acceptors (Lipinski definition) is 3. The molecular weight excluding hydrogens is 230 g/mol. The molecule has 1 atom stereocenters. The molecule has 0 heterocycles. The Labute approximate surface area is 108 Å². The first kappa shape index (κ1) is 14.7.